The van der Waals surface area contributed by atoms with Gasteiger partial charge in [0.2, 0.25) is 0 Å². The summed E-state index contributed by atoms with van der Waals surface area (Å²) in [6.45, 7) is 0. The van der Waals surface area contributed by atoms with Crippen molar-refractivity contribution < 1.29 is 9.90 Å². The Labute approximate surface area is 115 Å². The SMILES string of the molecule is O=C(O)c1csc(-n2c(=O)[nH]c3ccccc3c2=O)c1. The molecular weight excluding hydrogens is 280 g/mol. The zero-order chi connectivity index (χ0) is 14.3. The van der Waals surface area contributed by atoms with E-state index < -0.39 is 17.2 Å². The summed E-state index contributed by atoms with van der Waals surface area (Å²) in [6, 6.07) is 7.97. The molecule has 2 heterocycles. The molecule has 0 fully saturated rings. The van der Waals surface area contributed by atoms with Gasteiger partial charge in [-0.25, -0.2) is 14.2 Å². The molecule has 0 radical (unpaired) electrons. The number of hydrogen-bond donors (Lipinski definition) is 2. The fraction of sp³-hybridized carbons (Fsp3) is 0. The van der Waals surface area contributed by atoms with Gasteiger partial charge in [0.1, 0.15) is 5.00 Å². The highest BCUT2D eigenvalue weighted by Gasteiger charge is 2.13. The van der Waals surface area contributed by atoms with Crippen molar-refractivity contribution in [1.82, 2.24) is 9.55 Å². The molecule has 20 heavy (non-hydrogen) atoms. The van der Waals surface area contributed by atoms with Crippen LogP contribution in [-0.2, 0) is 0 Å². The summed E-state index contributed by atoms with van der Waals surface area (Å²) in [5.74, 6) is -1.10. The van der Waals surface area contributed by atoms with Gasteiger partial charge in [-0.05, 0) is 18.2 Å². The average Bonchev–Trinajstić information content (AvgIpc) is 2.88. The number of carboxylic acid groups (broad SMARTS) is 1. The fourth-order valence-corrected chi connectivity index (χ4v) is 2.80. The Bertz CT molecular complexity index is 935. The largest absolute Gasteiger partial charge is 0.478 e. The number of hydrogen-bond acceptors (Lipinski definition) is 4. The van der Waals surface area contributed by atoms with Crippen LogP contribution in [0.15, 0.2) is 45.3 Å². The molecule has 0 bridgehead atoms. The Balaban J connectivity index is 2.33. The van der Waals surface area contributed by atoms with Gasteiger partial charge >= 0.3 is 11.7 Å². The van der Waals surface area contributed by atoms with Crippen molar-refractivity contribution in [3.8, 4) is 5.00 Å². The fourth-order valence-electron chi connectivity index (χ4n) is 1.92. The van der Waals surface area contributed by atoms with Crippen molar-refractivity contribution in [3.63, 3.8) is 0 Å². The number of nitrogens with one attached hydrogen (secondary N) is 1. The second-order valence-electron chi connectivity index (χ2n) is 4.10. The van der Waals surface area contributed by atoms with Crippen LogP contribution in [0.4, 0.5) is 0 Å². The maximum atomic E-state index is 12.3. The second-order valence-corrected chi connectivity index (χ2v) is 4.98. The van der Waals surface area contributed by atoms with E-state index in [1.807, 2.05) is 0 Å². The maximum absolute atomic E-state index is 12.3. The lowest BCUT2D eigenvalue weighted by atomic mass is 10.2. The summed E-state index contributed by atoms with van der Waals surface area (Å²) in [6.07, 6.45) is 0. The van der Waals surface area contributed by atoms with Gasteiger partial charge in [0, 0.05) is 5.38 Å². The number of benzene rings is 1. The Morgan fingerprint density at radius 1 is 1.25 bits per heavy atom. The van der Waals surface area contributed by atoms with Crippen molar-refractivity contribution in [2.45, 2.75) is 0 Å². The number of para-hydroxylation sites is 1. The number of thiophene rings is 1. The van der Waals surface area contributed by atoms with Crippen LogP contribution in [0.1, 0.15) is 10.4 Å². The second kappa shape index (κ2) is 4.46. The average molecular weight is 288 g/mol. The summed E-state index contributed by atoms with van der Waals surface area (Å²) in [5, 5.41) is 10.9. The molecule has 3 rings (SSSR count). The van der Waals surface area contributed by atoms with Crippen molar-refractivity contribution >= 4 is 28.2 Å². The number of aromatic nitrogens is 2. The zero-order valence-electron chi connectivity index (χ0n) is 9.99. The summed E-state index contributed by atoms with van der Waals surface area (Å²) in [7, 11) is 0. The smallest absolute Gasteiger partial charge is 0.336 e. The number of nitrogens with zero attached hydrogens (tertiary/aromatic N) is 1. The molecule has 0 amide bonds. The van der Waals surface area contributed by atoms with Crippen LogP contribution >= 0.6 is 11.3 Å². The molecule has 0 saturated carbocycles. The molecule has 0 aliphatic carbocycles. The number of rotatable bonds is 2. The lowest BCUT2D eigenvalue weighted by Crippen LogP contribution is -2.32. The predicted molar refractivity (Wildman–Crippen MR) is 75.0 cm³/mol. The van der Waals surface area contributed by atoms with Crippen LogP contribution in [0.5, 0.6) is 0 Å². The standard InChI is InChI=1S/C13H8N2O4S/c16-11-8-3-1-2-4-9(8)14-13(19)15(11)10-5-7(6-20-10)12(17)18/h1-6H,(H,14,19)(H,17,18). The van der Waals surface area contributed by atoms with Gasteiger partial charge in [0.25, 0.3) is 5.56 Å². The first-order chi connectivity index (χ1) is 9.58. The molecule has 0 atom stereocenters. The quantitative estimate of drug-likeness (QED) is 0.746. The number of carbonyl (C=O) groups is 1. The van der Waals surface area contributed by atoms with Crippen LogP contribution in [0.3, 0.4) is 0 Å². The van der Waals surface area contributed by atoms with E-state index in [-0.39, 0.29) is 10.6 Å². The third-order valence-electron chi connectivity index (χ3n) is 2.86. The molecular formula is C13H8N2O4S. The van der Waals surface area contributed by atoms with Gasteiger partial charge in [-0.3, -0.25) is 4.79 Å². The molecule has 6 nitrogen and oxygen atoms in total. The third-order valence-corrected chi connectivity index (χ3v) is 3.77. The number of carboxylic acids is 1. The highest BCUT2D eigenvalue weighted by molar-refractivity contribution is 7.12. The maximum Gasteiger partial charge on any atom is 0.336 e. The Morgan fingerprint density at radius 2 is 2.00 bits per heavy atom. The minimum atomic E-state index is -1.10. The van der Waals surface area contributed by atoms with Crippen molar-refractivity contribution in [3.05, 3.63) is 62.1 Å². The van der Waals surface area contributed by atoms with Crippen LogP contribution in [0.2, 0.25) is 0 Å². The van der Waals surface area contributed by atoms with Gasteiger partial charge in [-0.15, -0.1) is 11.3 Å². The van der Waals surface area contributed by atoms with Gasteiger partial charge < -0.3 is 10.1 Å². The topological polar surface area (TPSA) is 92.2 Å². The lowest BCUT2D eigenvalue weighted by Gasteiger charge is -2.03. The Kier molecular flexibility index (Phi) is 2.76. The Morgan fingerprint density at radius 3 is 2.70 bits per heavy atom. The molecule has 1 aromatic carbocycles. The molecule has 0 unspecified atom stereocenters. The van der Waals surface area contributed by atoms with Crippen LogP contribution in [0, 0.1) is 0 Å². The van der Waals surface area contributed by atoms with Crippen LogP contribution in [-0.4, -0.2) is 20.6 Å². The molecule has 100 valence electrons. The molecule has 0 aliphatic heterocycles. The van der Waals surface area contributed by atoms with E-state index in [2.05, 4.69) is 4.98 Å². The number of fused-ring (bicyclic) bond motifs is 1. The van der Waals surface area contributed by atoms with Crippen LogP contribution < -0.4 is 11.2 Å². The van der Waals surface area contributed by atoms with Gasteiger partial charge in [-0.2, -0.15) is 0 Å². The monoisotopic (exact) mass is 288 g/mol. The highest BCUT2D eigenvalue weighted by atomic mass is 32.1. The van der Waals surface area contributed by atoms with Crippen molar-refractivity contribution in [1.29, 1.82) is 0 Å². The van der Waals surface area contributed by atoms with E-state index in [0.717, 1.165) is 15.9 Å². The van der Waals surface area contributed by atoms with Crippen molar-refractivity contribution in [2.75, 3.05) is 0 Å². The minimum Gasteiger partial charge on any atom is -0.478 e. The molecule has 2 aromatic heterocycles. The summed E-state index contributed by atoms with van der Waals surface area (Å²) in [5.41, 5.74) is -0.561. The normalized spacial score (nSPS) is 10.8. The van der Waals surface area contributed by atoms with Gasteiger partial charge in [-0.1, -0.05) is 12.1 Å². The summed E-state index contributed by atoms with van der Waals surface area (Å²) < 4.78 is 0.944. The molecule has 0 aliphatic rings. The predicted octanol–water partition coefficient (Wildman–Crippen LogP) is 1.44. The molecule has 0 spiro atoms. The first kappa shape index (κ1) is 12.4. The molecule has 0 saturated heterocycles. The molecule has 2 N–H and O–H groups in total. The van der Waals surface area contributed by atoms with E-state index >= 15 is 0 Å². The molecule has 7 heteroatoms. The minimum absolute atomic E-state index is 0.0458. The van der Waals surface area contributed by atoms with E-state index in [9.17, 15) is 14.4 Å². The lowest BCUT2D eigenvalue weighted by molar-refractivity contribution is 0.0697. The van der Waals surface area contributed by atoms with E-state index in [4.69, 9.17) is 5.11 Å². The third kappa shape index (κ3) is 1.84. The van der Waals surface area contributed by atoms with Gasteiger partial charge in [0.15, 0.2) is 0 Å². The van der Waals surface area contributed by atoms with E-state index in [1.54, 1.807) is 24.3 Å². The first-order valence-corrected chi connectivity index (χ1v) is 6.52. The highest BCUT2D eigenvalue weighted by Crippen LogP contribution is 2.17. The van der Waals surface area contributed by atoms with E-state index in [0.29, 0.717) is 10.9 Å². The number of aromatic amines is 1. The van der Waals surface area contributed by atoms with Crippen molar-refractivity contribution in [2.24, 2.45) is 0 Å². The van der Waals surface area contributed by atoms with Crippen LogP contribution in [0.25, 0.3) is 15.9 Å². The first-order valence-electron chi connectivity index (χ1n) is 5.64. The Hall–Kier alpha value is -2.67. The summed E-state index contributed by atoms with van der Waals surface area (Å²) >= 11 is 1.03. The zero-order valence-corrected chi connectivity index (χ0v) is 10.8. The summed E-state index contributed by atoms with van der Waals surface area (Å²) in [4.78, 5) is 37.8. The molecule has 3 aromatic rings. The number of H-pyrrole nitrogens is 1. The number of aromatic carboxylic acids is 1. The van der Waals surface area contributed by atoms with Gasteiger partial charge in [0.05, 0.1) is 16.5 Å². The van der Waals surface area contributed by atoms with E-state index in [1.165, 1.54) is 11.4 Å².